The first kappa shape index (κ1) is 14.5. The van der Waals surface area contributed by atoms with Crippen molar-refractivity contribution in [2.45, 2.75) is 26.2 Å². The number of esters is 1. The summed E-state index contributed by atoms with van der Waals surface area (Å²) in [6.45, 7) is 5.80. The number of ether oxygens (including phenoxy) is 1. The number of hydrogen-bond acceptors (Lipinski definition) is 5. The SMILES string of the molecule is CCOC(=O)C(C)(C)c1csc(-c2ccccc2N)n1. The quantitative estimate of drug-likeness (QED) is 0.693. The molecule has 1 heterocycles. The number of benzene rings is 1. The Kier molecular flexibility index (Phi) is 4.09. The van der Waals surface area contributed by atoms with Gasteiger partial charge >= 0.3 is 5.97 Å². The molecule has 0 amide bonds. The largest absolute Gasteiger partial charge is 0.465 e. The van der Waals surface area contributed by atoms with Crippen molar-refractivity contribution in [3.05, 3.63) is 35.3 Å². The molecule has 0 fully saturated rings. The number of anilines is 1. The third-order valence-electron chi connectivity index (χ3n) is 3.12. The predicted octanol–water partition coefficient (Wildman–Crippen LogP) is 3.23. The maximum atomic E-state index is 12.0. The second kappa shape index (κ2) is 5.63. The lowest BCUT2D eigenvalue weighted by molar-refractivity contribution is -0.148. The van der Waals surface area contributed by atoms with Crippen molar-refractivity contribution in [3.63, 3.8) is 0 Å². The van der Waals surface area contributed by atoms with Crippen LogP contribution in [0.2, 0.25) is 0 Å². The lowest BCUT2D eigenvalue weighted by Gasteiger charge is -2.19. The Morgan fingerprint density at radius 3 is 2.75 bits per heavy atom. The fourth-order valence-electron chi connectivity index (χ4n) is 1.79. The van der Waals surface area contributed by atoms with Gasteiger partial charge in [-0.15, -0.1) is 11.3 Å². The second-order valence-corrected chi connectivity index (χ2v) is 5.83. The molecule has 0 saturated carbocycles. The maximum Gasteiger partial charge on any atom is 0.317 e. The molecule has 0 bridgehead atoms. The van der Waals surface area contributed by atoms with Gasteiger partial charge in [0.1, 0.15) is 10.4 Å². The summed E-state index contributed by atoms with van der Waals surface area (Å²) in [5.41, 5.74) is 7.48. The zero-order chi connectivity index (χ0) is 14.8. The van der Waals surface area contributed by atoms with E-state index < -0.39 is 5.41 Å². The standard InChI is InChI=1S/C15H18N2O2S/c1-4-19-14(18)15(2,3)12-9-20-13(17-12)10-7-5-6-8-11(10)16/h5-9H,4,16H2,1-3H3. The number of rotatable bonds is 4. The molecule has 0 radical (unpaired) electrons. The average Bonchev–Trinajstić information content (AvgIpc) is 2.89. The molecule has 0 unspecified atom stereocenters. The summed E-state index contributed by atoms with van der Waals surface area (Å²) < 4.78 is 5.10. The molecule has 4 nitrogen and oxygen atoms in total. The van der Waals surface area contributed by atoms with E-state index in [1.165, 1.54) is 11.3 Å². The van der Waals surface area contributed by atoms with Crippen LogP contribution in [0.25, 0.3) is 10.6 Å². The highest BCUT2D eigenvalue weighted by Gasteiger charge is 2.34. The van der Waals surface area contributed by atoms with Gasteiger partial charge in [0.05, 0.1) is 12.3 Å². The van der Waals surface area contributed by atoms with Gasteiger partial charge in [-0.2, -0.15) is 0 Å². The number of hydrogen-bond donors (Lipinski definition) is 1. The number of nitrogen functional groups attached to an aromatic ring is 1. The summed E-state index contributed by atoms with van der Waals surface area (Å²) in [5.74, 6) is -0.266. The zero-order valence-electron chi connectivity index (χ0n) is 11.8. The van der Waals surface area contributed by atoms with Crippen LogP contribution in [-0.4, -0.2) is 17.6 Å². The third kappa shape index (κ3) is 2.67. The normalized spacial score (nSPS) is 11.3. The van der Waals surface area contributed by atoms with Gasteiger partial charge in [-0.3, -0.25) is 4.79 Å². The van der Waals surface area contributed by atoms with E-state index in [9.17, 15) is 4.79 Å². The number of nitrogens with two attached hydrogens (primary N) is 1. The van der Waals surface area contributed by atoms with Crippen LogP contribution in [0.1, 0.15) is 26.5 Å². The minimum Gasteiger partial charge on any atom is -0.465 e. The highest BCUT2D eigenvalue weighted by Crippen LogP contribution is 2.33. The third-order valence-corrected chi connectivity index (χ3v) is 4.00. The van der Waals surface area contributed by atoms with Crippen molar-refractivity contribution in [2.24, 2.45) is 0 Å². The molecule has 0 atom stereocenters. The summed E-state index contributed by atoms with van der Waals surface area (Å²) in [6, 6.07) is 7.57. The Balaban J connectivity index is 2.34. The molecular weight excluding hydrogens is 272 g/mol. The molecule has 0 saturated heterocycles. The molecule has 106 valence electrons. The smallest absolute Gasteiger partial charge is 0.317 e. The van der Waals surface area contributed by atoms with Crippen LogP contribution < -0.4 is 5.73 Å². The molecule has 0 spiro atoms. The summed E-state index contributed by atoms with van der Waals surface area (Å²) in [4.78, 5) is 16.5. The van der Waals surface area contributed by atoms with Gasteiger partial charge in [0.15, 0.2) is 0 Å². The predicted molar refractivity (Wildman–Crippen MR) is 81.6 cm³/mol. The molecule has 2 rings (SSSR count). The Morgan fingerprint density at radius 2 is 2.10 bits per heavy atom. The lowest BCUT2D eigenvalue weighted by atomic mass is 9.90. The van der Waals surface area contributed by atoms with Crippen LogP contribution in [0.15, 0.2) is 29.6 Å². The lowest BCUT2D eigenvalue weighted by Crippen LogP contribution is -2.31. The highest BCUT2D eigenvalue weighted by atomic mass is 32.1. The summed E-state index contributed by atoms with van der Waals surface area (Å²) in [7, 11) is 0. The summed E-state index contributed by atoms with van der Waals surface area (Å²) in [5, 5.41) is 2.70. The molecule has 5 heteroatoms. The molecule has 1 aromatic heterocycles. The Labute approximate surface area is 122 Å². The van der Waals surface area contributed by atoms with Gasteiger partial charge in [-0.25, -0.2) is 4.98 Å². The van der Waals surface area contributed by atoms with Gasteiger partial charge in [0, 0.05) is 16.6 Å². The van der Waals surface area contributed by atoms with E-state index in [1.807, 2.05) is 43.5 Å². The van der Waals surface area contributed by atoms with Crippen molar-refractivity contribution < 1.29 is 9.53 Å². The Hall–Kier alpha value is -1.88. The van der Waals surface area contributed by atoms with E-state index in [4.69, 9.17) is 10.5 Å². The molecule has 0 aliphatic carbocycles. The number of para-hydroxylation sites is 1. The number of carbonyl (C=O) groups excluding carboxylic acids is 1. The van der Waals surface area contributed by atoms with Crippen molar-refractivity contribution in [1.29, 1.82) is 0 Å². The van der Waals surface area contributed by atoms with E-state index in [-0.39, 0.29) is 5.97 Å². The van der Waals surface area contributed by atoms with Crippen LogP contribution in [0.4, 0.5) is 5.69 Å². The van der Waals surface area contributed by atoms with Crippen LogP contribution in [-0.2, 0) is 14.9 Å². The van der Waals surface area contributed by atoms with Gasteiger partial charge in [-0.05, 0) is 32.9 Å². The number of carbonyl (C=O) groups is 1. The number of nitrogens with zero attached hydrogens (tertiary/aromatic N) is 1. The Bertz CT molecular complexity index is 620. The minimum atomic E-state index is -0.756. The molecule has 0 aliphatic rings. The highest BCUT2D eigenvalue weighted by molar-refractivity contribution is 7.13. The van der Waals surface area contributed by atoms with Crippen LogP contribution in [0, 0.1) is 0 Å². The van der Waals surface area contributed by atoms with E-state index in [0.29, 0.717) is 18.0 Å². The first-order valence-electron chi connectivity index (χ1n) is 6.45. The van der Waals surface area contributed by atoms with Crippen LogP contribution in [0.5, 0.6) is 0 Å². The van der Waals surface area contributed by atoms with Crippen LogP contribution in [0.3, 0.4) is 0 Å². The van der Waals surface area contributed by atoms with E-state index in [0.717, 1.165) is 10.6 Å². The summed E-state index contributed by atoms with van der Waals surface area (Å²) in [6.07, 6.45) is 0. The Morgan fingerprint density at radius 1 is 1.40 bits per heavy atom. The van der Waals surface area contributed by atoms with Gasteiger partial charge in [0.25, 0.3) is 0 Å². The molecule has 2 N–H and O–H groups in total. The second-order valence-electron chi connectivity index (χ2n) is 4.97. The maximum absolute atomic E-state index is 12.0. The molecule has 0 aliphatic heterocycles. The van der Waals surface area contributed by atoms with Gasteiger partial charge < -0.3 is 10.5 Å². The van der Waals surface area contributed by atoms with Crippen LogP contribution >= 0.6 is 11.3 Å². The van der Waals surface area contributed by atoms with E-state index >= 15 is 0 Å². The van der Waals surface area contributed by atoms with Crippen molar-refractivity contribution in [3.8, 4) is 10.6 Å². The topological polar surface area (TPSA) is 65.2 Å². The van der Waals surface area contributed by atoms with Crippen molar-refractivity contribution in [1.82, 2.24) is 4.98 Å². The van der Waals surface area contributed by atoms with Gasteiger partial charge in [-0.1, -0.05) is 12.1 Å². The molecule has 2 aromatic rings. The number of thiazole rings is 1. The first-order chi connectivity index (χ1) is 9.46. The fourth-order valence-corrected chi connectivity index (χ4v) is 2.83. The van der Waals surface area contributed by atoms with Gasteiger partial charge in [0.2, 0.25) is 0 Å². The summed E-state index contributed by atoms with van der Waals surface area (Å²) >= 11 is 1.48. The van der Waals surface area contributed by atoms with Crippen molar-refractivity contribution >= 4 is 23.0 Å². The van der Waals surface area contributed by atoms with E-state index in [2.05, 4.69) is 4.98 Å². The molecule has 1 aromatic carbocycles. The zero-order valence-corrected chi connectivity index (χ0v) is 12.7. The monoisotopic (exact) mass is 290 g/mol. The van der Waals surface area contributed by atoms with Crippen molar-refractivity contribution in [2.75, 3.05) is 12.3 Å². The molecule has 20 heavy (non-hydrogen) atoms. The van der Waals surface area contributed by atoms with E-state index in [1.54, 1.807) is 6.92 Å². The number of aromatic nitrogens is 1. The average molecular weight is 290 g/mol. The fraction of sp³-hybridized carbons (Fsp3) is 0.333. The first-order valence-corrected chi connectivity index (χ1v) is 7.33. The molecular formula is C15H18N2O2S. The minimum absolute atomic E-state index is 0.266.